The lowest BCUT2D eigenvalue weighted by molar-refractivity contribution is 0.302. The standard InChI is InChI=1S/C8H11ClN2O/c9-7-3-1-2-4-8(7)11(10)5-6-12/h1-4,12H,5-6,10H2. The molecule has 0 aliphatic carbocycles. The van der Waals surface area contributed by atoms with E-state index in [-0.39, 0.29) is 6.61 Å². The van der Waals surface area contributed by atoms with Crippen molar-refractivity contribution in [2.45, 2.75) is 0 Å². The normalized spacial score (nSPS) is 9.92. The summed E-state index contributed by atoms with van der Waals surface area (Å²) in [4.78, 5) is 0. The highest BCUT2D eigenvalue weighted by Crippen LogP contribution is 2.22. The molecule has 0 saturated carbocycles. The van der Waals surface area contributed by atoms with Crippen LogP contribution in [-0.4, -0.2) is 18.3 Å². The van der Waals surface area contributed by atoms with Gasteiger partial charge in [-0.3, -0.25) is 0 Å². The molecule has 12 heavy (non-hydrogen) atoms. The molecule has 1 aromatic rings. The molecule has 0 atom stereocenters. The summed E-state index contributed by atoms with van der Waals surface area (Å²) in [5.41, 5.74) is 0.730. The quantitative estimate of drug-likeness (QED) is 0.547. The van der Waals surface area contributed by atoms with Crippen LogP contribution in [0.4, 0.5) is 5.69 Å². The van der Waals surface area contributed by atoms with Gasteiger partial charge in [0, 0.05) is 0 Å². The third-order valence-electron chi connectivity index (χ3n) is 1.50. The summed E-state index contributed by atoms with van der Waals surface area (Å²) in [6.45, 7) is 0.394. The lowest BCUT2D eigenvalue weighted by atomic mass is 10.3. The number of aliphatic hydroxyl groups excluding tert-OH is 1. The highest BCUT2D eigenvalue weighted by molar-refractivity contribution is 6.33. The molecule has 3 nitrogen and oxygen atoms in total. The van der Waals surface area contributed by atoms with Crippen LogP contribution < -0.4 is 10.9 Å². The summed E-state index contributed by atoms with van der Waals surface area (Å²) >= 11 is 5.85. The summed E-state index contributed by atoms with van der Waals surface area (Å²) < 4.78 is 0. The monoisotopic (exact) mass is 186 g/mol. The Morgan fingerprint density at radius 3 is 2.67 bits per heavy atom. The zero-order valence-electron chi connectivity index (χ0n) is 6.57. The zero-order chi connectivity index (χ0) is 8.97. The summed E-state index contributed by atoms with van der Waals surface area (Å²) in [5.74, 6) is 5.60. The van der Waals surface area contributed by atoms with E-state index in [1.54, 1.807) is 12.1 Å². The number of nitrogens with zero attached hydrogens (tertiary/aromatic N) is 1. The van der Waals surface area contributed by atoms with Gasteiger partial charge in [0.1, 0.15) is 0 Å². The maximum absolute atomic E-state index is 8.62. The van der Waals surface area contributed by atoms with Crippen LogP contribution in [0.15, 0.2) is 24.3 Å². The average molecular weight is 187 g/mol. The fourth-order valence-electron chi connectivity index (χ4n) is 0.913. The summed E-state index contributed by atoms with van der Waals surface area (Å²) in [7, 11) is 0. The van der Waals surface area contributed by atoms with Gasteiger partial charge in [-0.2, -0.15) is 0 Å². The van der Waals surface area contributed by atoms with Crippen LogP contribution in [0, 0.1) is 0 Å². The van der Waals surface area contributed by atoms with Gasteiger partial charge < -0.3 is 10.1 Å². The molecule has 0 bridgehead atoms. The Kier molecular flexibility index (Phi) is 3.34. The molecule has 0 aliphatic heterocycles. The Morgan fingerprint density at radius 2 is 2.08 bits per heavy atom. The minimum atomic E-state index is 0.0156. The third-order valence-corrected chi connectivity index (χ3v) is 1.82. The number of para-hydroxylation sites is 1. The third kappa shape index (κ3) is 2.11. The van der Waals surface area contributed by atoms with Crippen LogP contribution >= 0.6 is 11.6 Å². The second kappa shape index (κ2) is 4.30. The topological polar surface area (TPSA) is 49.5 Å². The van der Waals surface area contributed by atoms with Crippen LogP contribution in [0.1, 0.15) is 0 Å². The summed E-state index contributed by atoms with van der Waals surface area (Å²) in [6.07, 6.45) is 0. The molecule has 0 unspecified atom stereocenters. The van der Waals surface area contributed by atoms with Crippen molar-refractivity contribution in [3.63, 3.8) is 0 Å². The van der Waals surface area contributed by atoms with Crippen LogP contribution in [0.25, 0.3) is 0 Å². The Bertz CT molecular complexity index is 255. The minimum absolute atomic E-state index is 0.0156. The minimum Gasteiger partial charge on any atom is -0.394 e. The number of rotatable bonds is 3. The first-order valence-electron chi connectivity index (χ1n) is 3.63. The lowest BCUT2D eigenvalue weighted by Crippen LogP contribution is -2.33. The van der Waals surface area contributed by atoms with E-state index in [9.17, 15) is 0 Å². The molecule has 1 rings (SSSR count). The predicted octanol–water partition coefficient (Wildman–Crippen LogP) is 1.01. The average Bonchev–Trinajstić information content (AvgIpc) is 2.05. The SMILES string of the molecule is NN(CCO)c1ccccc1Cl. The number of anilines is 1. The van der Waals surface area contributed by atoms with E-state index in [0.717, 1.165) is 5.69 Å². The zero-order valence-corrected chi connectivity index (χ0v) is 7.33. The fourth-order valence-corrected chi connectivity index (χ4v) is 1.16. The van der Waals surface area contributed by atoms with Gasteiger partial charge in [0.25, 0.3) is 0 Å². The Balaban J connectivity index is 2.79. The van der Waals surface area contributed by atoms with Crippen LogP contribution in [0.5, 0.6) is 0 Å². The van der Waals surface area contributed by atoms with Gasteiger partial charge in [0.2, 0.25) is 0 Å². The van der Waals surface area contributed by atoms with Gasteiger partial charge in [-0.15, -0.1) is 0 Å². The van der Waals surface area contributed by atoms with Crippen molar-refractivity contribution in [2.24, 2.45) is 5.84 Å². The first-order chi connectivity index (χ1) is 5.75. The molecular formula is C8H11ClN2O. The van der Waals surface area contributed by atoms with E-state index in [1.165, 1.54) is 5.01 Å². The van der Waals surface area contributed by atoms with Gasteiger partial charge in [0.05, 0.1) is 23.9 Å². The van der Waals surface area contributed by atoms with E-state index >= 15 is 0 Å². The fraction of sp³-hybridized carbons (Fsp3) is 0.250. The van der Waals surface area contributed by atoms with Gasteiger partial charge in [-0.1, -0.05) is 23.7 Å². The maximum atomic E-state index is 8.62. The molecule has 0 aromatic heterocycles. The second-order valence-electron chi connectivity index (χ2n) is 2.37. The molecule has 0 heterocycles. The van der Waals surface area contributed by atoms with Crippen molar-refractivity contribution < 1.29 is 5.11 Å². The first kappa shape index (κ1) is 9.32. The molecule has 0 amide bonds. The molecule has 0 spiro atoms. The van der Waals surface area contributed by atoms with Crippen molar-refractivity contribution in [2.75, 3.05) is 18.2 Å². The highest BCUT2D eigenvalue weighted by atomic mass is 35.5. The molecule has 4 heteroatoms. The Hall–Kier alpha value is -0.770. The van der Waals surface area contributed by atoms with E-state index in [4.69, 9.17) is 22.6 Å². The van der Waals surface area contributed by atoms with Crippen molar-refractivity contribution in [1.29, 1.82) is 0 Å². The maximum Gasteiger partial charge on any atom is 0.0704 e. The van der Waals surface area contributed by atoms with Crippen molar-refractivity contribution >= 4 is 17.3 Å². The van der Waals surface area contributed by atoms with Crippen molar-refractivity contribution in [3.05, 3.63) is 29.3 Å². The van der Waals surface area contributed by atoms with E-state index in [0.29, 0.717) is 11.6 Å². The van der Waals surface area contributed by atoms with Crippen LogP contribution in [-0.2, 0) is 0 Å². The van der Waals surface area contributed by atoms with E-state index in [2.05, 4.69) is 0 Å². The smallest absolute Gasteiger partial charge is 0.0704 e. The number of hydrogen-bond donors (Lipinski definition) is 2. The number of halogens is 1. The largest absolute Gasteiger partial charge is 0.394 e. The molecule has 0 radical (unpaired) electrons. The van der Waals surface area contributed by atoms with Gasteiger partial charge in [0.15, 0.2) is 0 Å². The van der Waals surface area contributed by atoms with Gasteiger partial charge in [-0.25, -0.2) is 5.84 Å². The molecule has 1 aromatic carbocycles. The molecule has 66 valence electrons. The molecule has 0 fully saturated rings. The number of aliphatic hydroxyl groups is 1. The summed E-state index contributed by atoms with van der Waals surface area (Å²) in [5, 5.41) is 10.6. The van der Waals surface area contributed by atoms with Crippen LogP contribution in [0.2, 0.25) is 5.02 Å². The van der Waals surface area contributed by atoms with E-state index in [1.807, 2.05) is 12.1 Å². The van der Waals surface area contributed by atoms with Crippen molar-refractivity contribution in [3.8, 4) is 0 Å². The molecule has 0 aliphatic rings. The predicted molar refractivity (Wildman–Crippen MR) is 50.1 cm³/mol. The van der Waals surface area contributed by atoms with Crippen LogP contribution in [0.3, 0.4) is 0 Å². The Labute approximate surface area is 76.3 Å². The molecule has 3 N–H and O–H groups in total. The first-order valence-corrected chi connectivity index (χ1v) is 4.01. The van der Waals surface area contributed by atoms with Gasteiger partial charge in [-0.05, 0) is 12.1 Å². The summed E-state index contributed by atoms with van der Waals surface area (Å²) in [6, 6.07) is 7.24. The molecular weight excluding hydrogens is 176 g/mol. The number of hydrazine groups is 1. The second-order valence-corrected chi connectivity index (χ2v) is 2.78. The Morgan fingerprint density at radius 1 is 1.42 bits per heavy atom. The number of benzene rings is 1. The number of nitrogens with two attached hydrogens (primary N) is 1. The molecule has 0 saturated heterocycles. The number of hydrogen-bond acceptors (Lipinski definition) is 3. The van der Waals surface area contributed by atoms with Crippen molar-refractivity contribution in [1.82, 2.24) is 0 Å². The van der Waals surface area contributed by atoms with Gasteiger partial charge >= 0.3 is 0 Å². The lowest BCUT2D eigenvalue weighted by Gasteiger charge is -2.18. The van der Waals surface area contributed by atoms with E-state index < -0.39 is 0 Å². The highest BCUT2D eigenvalue weighted by Gasteiger charge is 2.03.